The average molecular weight is 241 g/mol. The van der Waals surface area contributed by atoms with Gasteiger partial charge in [0.05, 0.1) is 0 Å². The summed E-state index contributed by atoms with van der Waals surface area (Å²) in [6.45, 7) is 9.32. The van der Waals surface area contributed by atoms with Crippen molar-refractivity contribution in [2.45, 2.75) is 39.5 Å². The smallest absolute Gasteiger partial charge is 0.314 e. The Morgan fingerprint density at radius 3 is 2.53 bits per heavy atom. The van der Waals surface area contributed by atoms with Crippen LogP contribution in [0.15, 0.2) is 0 Å². The fraction of sp³-hybridized carbons (Fsp3) is 0.923. The minimum atomic E-state index is -0.0242. The number of urea groups is 1. The molecule has 17 heavy (non-hydrogen) atoms. The highest BCUT2D eigenvalue weighted by atomic mass is 16.2. The normalized spacial score (nSPS) is 18.0. The Labute approximate surface area is 105 Å². The van der Waals surface area contributed by atoms with Gasteiger partial charge in [-0.15, -0.1) is 0 Å². The lowest BCUT2D eigenvalue weighted by Crippen LogP contribution is -2.42. The number of hydrogen-bond acceptors (Lipinski definition) is 2. The predicted octanol–water partition coefficient (Wildman–Crippen LogP) is 1.82. The first-order valence-electron chi connectivity index (χ1n) is 6.96. The van der Waals surface area contributed by atoms with Crippen LogP contribution in [0.2, 0.25) is 0 Å². The topological polar surface area (TPSA) is 44.4 Å². The van der Waals surface area contributed by atoms with Crippen LogP contribution in [0, 0.1) is 5.92 Å². The van der Waals surface area contributed by atoms with Crippen molar-refractivity contribution in [2.75, 3.05) is 32.7 Å². The summed E-state index contributed by atoms with van der Waals surface area (Å²) >= 11 is 0. The maximum absolute atomic E-state index is 11.4. The number of piperidine rings is 1. The quantitative estimate of drug-likeness (QED) is 0.697. The zero-order valence-corrected chi connectivity index (χ0v) is 11.3. The van der Waals surface area contributed by atoms with Gasteiger partial charge in [-0.2, -0.15) is 0 Å². The lowest BCUT2D eigenvalue weighted by atomic mass is 9.99. The van der Waals surface area contributed by atoms with Crippen molar-refractivity contribution in [2.24, 2.45) is 5.92 Å². The lowest BCUT2D eigenvalue weighted by Gasteiger charge is -2.30. The maximum atomic E-state index is 11.4. The van der Waals surface area contributed by atoms with Gasteiger partial charge >= 0.3 is 6.03 Å². The molecule has 0 atom stereocenters. The van der Waals surface area contributed by atoms with Crippen LogP contribution >= 0.6 is 0 Å². The molecule has 0 aliphatic carbocycles. The maximum Gasteiger partial charge on any atom is 0.314 e. The van der Waals surface area contributed by atoms with Gasteiger partial charge in [0.1, 0.15) is 0 Å². The van der Waals surface area contributed by atoms with E-state index in [1.54, 1.807) is 0 Å². The molecule has 1 rings (SSSR count). The van der Waals surface area contributed by atoms with E-state index in [1.165, 1.54) is 25.9 Å². The van der Waals surface area contributed by atoms with Crippen LogP contribution in [-0.4, -0.2) is 43.7 Å². The van der Waals surface area contributed by atoms with Crippen molar-refractivity contribution in [1.82, 2.24) is 15.5 Å². The van der Waals surface area contributed by atoms with E-state index in [4.69, 9.17) is 0 Å². The molecule has 4 heteroatoms. The molecular weight excluding hydrogens is 214 g/mol. The second kappa shape index (κ2) is 8.34. The third-order valence-corrected chi connectivity index (χ3v) is 3.41. The molecule has 0 unspecified atom stereocenters. The Bertz CT molecular complexity index is 213. The molecule has 0 spiro atoms. The summed E-state index contributed by atoms with van der Waals surface area (Å²) in [6.07, 6.45) is 4.76. The molecular formula is C13H27N3O. The van der Waals surface area contributed by atoms with Crippen LogP contribution in [0.4, 0.5) is 4.79 Å². The molecule has 100 valence electrons. The van der Waals surface area contributed by atoms with Crippen LogP contribution in [0.5, 0.6) is 0 Å². The second-order valence-electron chi connectivity index (χ2n) is 5.06. The van der Waals surface area contributed by atoms with Gasteiger partial charge < -0.3 is 15.5 Å². The van der Waals surface area contributed by atoms with Gasteiger partial charge in [-0.05, 0) is 38.3 Å². The lowest BCUT2D eigenvalue weighted by molar-refractivity contribution is 0.191. The van der Waals surface area contributed by atoms with Gasteiger partial charge in [0.25, 0.3) is 0 Å². The van der Waals surface area contributed by atoms with E-state index >= 15 is 0 Å². The molecule has 1 fully saturated rings. The van der Waals surface area contributed by atoms with Crippen molar-refractivity contribution in [3.05, 3.63) is 0 Å². The minimum Gasteiger partial charge on any atom is -0.338 e. The van der Waals surface area contributed by atoms with Crippen molar-refractivity contribution >= 4 is 6.03 Å². The number of nitrogens with zero attached hydrogens (tertiary/aromatic N) is 1. The van der Waals surface area contributed by atoms with Crippen LogP contribution in [0.1, 0.15) is 39.5 Å². The SMILES string of the molecule is CCCCNC(=O)NCCN1CCC(C)CC1. The molecule has 0 bridgehead atoms. The monoisotopic (exact) mass is 241 g/mol. The van der Waals surface area contributed by atoms with E-state index < -0.39 is 0 Å². The van der Waals surface area contributed by atoms with Crippen LogP contribution in [-0.2, 0) is 0 Å². The highest BCUT2D eigenvalue weighted by molar-refractivity contribution is 5.73. The van der Waals surface area contributed by atoms with Crippen LogP contribution < -0.4 is 10.6 Å². The summed E-state index contributed by atoms with van der Waals surface area (Å²) in [5.74, 6) is 0.872. The first-order chi connectivity index (χ1) is 8.22. The van der Waals surface area contributed by atoms with E-state index in [0.717, 1.165) is 38.4 Å². The summed E-state index contributed by atoms with van der Waals surface area (Å²) in [5.41, 5.74) is 0. The summed E-state index contributed by atoms with van der Waals surface area (Å²) in [7, 11) is 0. The molecule has 1 heterocycles. The summed E-state index contributed by atoms with van der Waals surface area (Å²) < 4.78 is 0. The molecule has 2 N–H and O–H groups in total. The Balaban J connectivity index is 1.97. The standard InChI is InChI=1S/C13H27N3O/c1-3-4-7-14-13(17)15-8-11-16-9-5-12(2)6-10-16/h12H,3-11H2,1-2H3,(H2,14,15,17). The molecule has 0 radical (unpaired) electrons. The fourth-order valence-corrected chi connectivity index (χ4v) is 2.05. The molecule has 4 nitrogen and oxygen atoms in total. The van der Waals surface area contributed by atoms with Gasteiger partial charge in [-0.25, -0.2) is 4.79 Å². The van der Waals surface area contributed by atoms with Crippen LogP contribution in [0.25, 0.3) is 0 Å². The predicted molar refractivity (Wildman–Crippen MR) is 71.1 cm³/mol. The Morgan fingerprint density at radius 1 is 1.24 bits per heavy atom. The number of amides is 2. The second-order valence-corrected chi connectivity index (χ2v) is 5.06. The zero-order valence-electron chi connectivity index (χ0n) is 11.3. The summed E-state index contributed by atoms with van der Waals surface area (Å²) in [6, 6.07) is -0.0242. The minimum absolute atomic E-state index is 0.0242. The van der Waals surface area contributed by atoms with E-state index in [1.807, 2.05) is 0 Å². The first-order valence-corrected chi connectivity index (χ1v) is 6.96. The molecule has 1 saturated heterocycles. The summed E-state index contributed by atoms with van der Waals surface area (Å²) in [4.78, 5) is 13.8. The Kier molecular flexibility index (Phi) is 7.01. The number of unbranched alkanes of at least 4 members (excludes halogenated alkanes) is 1. The van der Waals surface area contributed by atoms with Crippen molar-refractivity contribution in [1.29, 1.82) is 0 Å². The molecule has 0 aromatic rings. The average Bonchev–Trinajstić information content (AvgIpc) is 2.32. The van der Waals surface area contributed by atoms with Gasteiger partial charge in [0.15, 0.2) is 0 Å². The number of likely N-dealkylation sites (tertiary alicyclic amines) is 1. The van der Waals surface area contributed by atoms with E-state index in [2.05, 4.69) is 29.4 Å². The molecule has 1 aliphatic rings. The zero-order chi connectivity index (χ0) is 12.5. The van der Waals surface area contributed by atoms with Crippen molar-refractivity contribution in [3.8, 4) is 0 Å². The summed E-state index contributed by atoms with van der Waals surface area (Å²) in [5, 5.41) is 5.77. The number of nitrogens with one attached hydrogen (secondary N) is 2. The fourth-order valence-electron chi connectivity index (χ4n) is 2.05. The van der Waals surface area contributed by atoms with E-state index in [9.17, 15) is 4.79 Å². The Morgan fingerprint density at radius 2 is 1.88 bits per heavy atom. The molecule has 2 amide bonds. The van der Waals surface area contributed by atoms with Gasteiger partial charge in [0, 0.05) is 19.6 Å². The van der Waals surface area contributed by atoms with Crippen molar-refractivity contribution < 1.29 is 4.79 Å². The highest BCUT2D eigenvalue weighted by Crippen LogP contribution is 2.14. The molecule has 0 saturated carbocycles. The number of carbonyl (C=O) groups is 1. The van der Waals surface area contributed by atoms with Crippen LogP contribution in [0.3, 0.4) is 0 Å². The first kappa shape index (κ1) is 14.3. The third-order valence-electron chi connectivity index (χ3n) is 3.41. The third kappa shape index (κ3) is 6.51. The molecule has 0 aromatic carbocycles. The van der Waals surface area contributed by atoms with E-state index in [0.29, 0.717) is 0 Å². The van der Waals surface area contributed by atoms with Gasteiger partial charge in [0.2, 0.25) is 0 Å². The number of rotatable bonds is 6. The van der Waals surface area contributed by atoms with Crippen molar-refractivity contribution in [3.63, 3.8) is 0 Å². The molecule has 0 aromatic heterocycles. The largest absolute Gasteiger partial charge is 0.338 e. The number of carbonyl (C=O) groups excluding carboxylic acids is 1. The highest BCUT2D eigenvalue weighted by Gasteiger charge is 2.14. The molecule has 1 aliphatic heterocycles. The van der Waals surface area contributed by atoms with Gasteiger partial charge in [-0.3, -0.25) is 0 Å². The van der Waals surface area contributed by atoms with E-state index in [-0.39, 0.29) is 6.03 Å². The van der Waals surface area contributed by atoms with Gasteiger partial charge in [-0.1, -0.05) is 20.3 Å². The Hall–Kier alpha value is -0.770. The number of hydrogen-bond donors (Lipinski definition) is 2.